The van der Waals surface area contributed by atoms with Crippen molar-refractivity contribution in [3.05, 3.63) is 22.4 Å². The van der Waals surface area contributed by atoms with Crippen LogP contribution in [0.15, 0.2) is 17.5 Å². The van der Waals surface area contributed by atoms with Crippen LogP contribution >= 0.6 is 11.3 Å². The highest BCUT2D eigenvalue weighted by Gasteiger charge is 2.36. The van der Waals surface area contributed by atoms with E-state index in [1.165, 1.54) is 11.3 Å². The molecule has 0 spiro atoms. The van der Waals surface area contributed by atoms with Crippen molar-refractivity contribution >= 4 is 29.1 Å². The first-order valence-corrected chi connectivity index (χ1v) is 6.97. The number of thiophene rings is 1. The van der Waals surface area contributed by atoms with Crippen LogP contribution in [0.3, 0.4) is 0 Å². The van der Waals surface area contributed by atoms with Gasteiger partial charge in [-0.25, -0.2) is 4.79 Å². The molecule has 0 aromatic carbocycles. The molecule has 1 atom stereocenters. The number of hydrogen-bond donors (Lipinski definition) is 3. The molecule has 1 unspecified atom stereocenters. The third kappa shape index (κ3) is 6.57. The zero-order chi connectivity index (χ0) is 16.8. The van der Waals surface area contributed by atoms with Crippen LogP contribution in [0.4, 0.5) is 13.2 Å². The number of carbonyl (C=O) groups is 3. The Bertz CT molecular complexity index is 531. The molecule has 0 aliphatic heterocycles. The summed E-state index contributed by atoms with van der Waals surface area (Å²) < 4.78 is 36.5. The van der Waals surface area contributed by atoms with Gasteiger partial charge in [0.2, 0.25) is 5.91 Å². The zero-order valence-corrected chi connectivity index (χ0v) is 12.0. The molecule has 0 saturated heterocycles. The van der Waals surface area contributed by atoms with Gasteiger partial charge in [0.25, 0.3) is 5.91 Å². The smallest absolute Gasteiger partial charge is 0.391 e. The first-order valence-electron chi connectivity index (χ1n) is 6.09. The van der Waals surface area contributed by atoms with Crippen molar-refractivity contribution in [1.29, 1.82) is 0 Å². The fourth-order valence-electron chi connectivity index (χ4n) is 1.48. The maximum atomic E-state index is 12.2. The summed E-state index contributed by atoms with van der Waals surface area (Å²) in [6.45, 7) is -0.110. The summed E-state index contributed by atoms with van der Waals surface area (Å²) in [7, 11) is 0. The molecule has 1 rings (SSSR count). The molecule has 6 nitrogen and oxygen atoms in total. The monoisotopic (exact) mass is 338 g/mol. The second kappa shape index (κ2) is 7.78. The molecule has 1 heterocycles. The van der Waals surface area contributed by atoms with Crippen LogP contribution in [-0.2, 0) is 9.59 Å². The minimum absolute atomic E-state index is 0.110. The molecule has 0 fully saturated rings. The molecule has 22 heavy (non-hydrogen) atoms. The minimum Gasteiger partial charge on any atom is -0.480 e. The molecular formula is C12H13F3N2O4S. The first-order chi connectivity index (χ1) is 10.2. The number of aliphatic carboxylic acids is 1. The van der Waals surface area contributed by atoms with Gasteiger partial charge in [-0.1, -0.05) is 6.07 Å². The lowest BCUT2D eigenvalue weighted by Crippen LogP contribution is -2.44. The maximum absolute atomic E-state index is 12.2. The molecule has 0 radical (unpaired) electrons. The highest BCUT2D eigenvalue weighted by molar-refractivity contribution is 7.12. The van der Waals surface area contributed by atoms with Crippen LogP contribution in [0.1, 0.15) is 22.5 Å². The van der Waals surface area contributed by atoms with Gasteiger partial charge in [-0.3, -0.25) is 9.59 Å². The second-order valence-corrected chi connectivity index (χ2v) is 5.21. The van der Waals surface area contributed by atoms with Crippen molar-refractivity contribution in [3.8, 4) is 0 Å². The van der Waals surface area contributed by atoms with E-state index in [0.29, 0.717) is 4.88 Å². The van der Waals surface area contributed by atoms with Gasteiger partial charge in [-0.05, 0) is 11.4 Å². The Labute approximate surface area is 127 Å². The quantitative estimate of drug-likeness (QED) is 0.700. The van der Waals surface area contributed by atoms with Crippen LogP contribution in [0.2, 0.25) is 0 Å². The standard InChI is InChI=1S/C12H13F3N2O4S/c13-12(14,15)6-7(11(20)21)17-9(18)3-4-16-10(19)8-2-1-5-22-8/h1-2,5,7H,3-4,6H2,(H,16,19)(H,17,18)(H,20,21). The summed E-state index contributed by atoms with van der Waals surface area (Å²) in [5.41, 5.74) is 0. The number of alkyl halides is 3. The molecule has 10 heteroatoms. The van der Waals surface area contributed by atoms with E-state index in [0.717, 1.165) is 0 Å². The first kappa shape index (κ1) is 18.0. The number of carboxylic acid groups (broad SMARTS) is 1. The van der Waals surface area contributed by atoms with Gasteiger partial charge < -0.3 is 15.7 Å². The van der Waals surface area contributed by atoms with Crippen molar-refractivity contribution in [3.63, 3.8) is 0 Å². The van der Waals surface area contributed by atoms with E-state index in [1.807, 2.05) is 0 Å². The van der Waals surface area contributed by atoms with Crippen LogP contribution in [0.25, 0.3) is 0 Å². The predicted molar refractivity (Wildman–Crippen MR) is 71.5 cm³/mol. The van der Waals surface area contributed by atoms with Crippen molar-refractivity contribution in [2.45, 2.75) is 25.1 Å². The van der Waals surface area contributed by atoms with E-state index in [9.17, 15) is 27.6 Å². The second-order valence-electron chi connectivity index (χ2n) is 4.26. The Kier molecular flexibility index (Phi) is 6.35. The summed E-state index contributed by atoms with van der Waals surface area (Å²) >= 11 is 1.20. The third-order valence-corrected chi connectivity index (χ3v) is 3.32. The number of carboxylic acids is 1. The van der Waals surface area contributed by atoms with Crippen molar-refractivity contribution in [2.24, 2.45) is 0 Å². The van der Waals surface area contributed by atoms with E-state index in [1.54, 1.807) is 22.8 Å². The highest BCUT2D eigenvalue weighted by Crippen LogP contribution is 2.21. The summed E-state index contributed by atoms with van der Waals surface area (Å²) in [5.74, 6) is -3.07. The van der Waals surface area contributed by atoms with Crippen LogP contribution < -0.4 is 10.6 Å². The predicted octanol–water partition coefficient (Wildman–Crippen LogP) is 1.39. The number of hydrogen-bond acceptors (Lipinski definition) is 4. The SMILES string of the molecule is O=C(CCNC(=O)c1cccs1)NC(CC(F)(F)F)C(=O)O. The molecular weight excluding hydrogens is 325 g/mol. The van der Waals surface area contributed by atoms with Gasteiger partial charge in [0.1, 0.15) is 6.04 Å². The van der Waals surface area contributed by atoms with Gasteiger partial charge in [-0.15, -0.1) is 11.3 Å². The molecule has 0 aliphatic carbocycles. The fourth-order valence-corrected chi connectivity index (χ4v) is 2.12. The van der Waals surface area contributed by atoms with Gasteiger partial charge in [-0.2, -0.15) is 13.2 Å². The van der Waals surface area contributed by atoms with Crippen LogP contribution in [0, 0.1) is 0 Å². The number of rotatable bonds is 7. The van der Waals surface area contributed by atoms with Crippen molar-refractivity contribution in [1.82, 2.24) is 10.6 Å². The Morgan fingerprint density at radius 3 is 2.50 bits per heavy atom. The Morgan fingerprint density at radius 1 is 1.32 bits per heavy atom. The van der Waals surface area contributed by atoms with E-state index in [2.05, 4.69) is 5.32 Å². The lowest BCUT2D eigenvalue weighted by atomic mass is 10.2. The topological polar surface area (TPSA) is 95.5 Å². The number of amides is 2. The van der Waals surface area contributed by atoms with Gasteiger partial charge in [0, 0.05) is 13.0 Å². The molecule has 0 saturated carbocycles. The lowest BCUT2D eigenvalue weighted by molar-refractivity contribution is -0.159. The zero-order valence-electron chi connectivity index (χ0n) is 11.1. The summed E-state index contributed by atoms with van der Waals surface area (Å²) in [4.78, 5) is 34.0. The molecule has 1 aromatic rings. The van der Waals surface area contributed by atoms with Crippen molar-refractivity contribution < 1.29 is 32.7 Å². The fraction of sp³-hybridized carbons (Fsp3) is 0.417. The Morgan fingerprint density at radius 2 is 2.00 bits per heavy atom. The third-order valence-electron chi connectivity index (χ3n) is 2.45. The van der Waals surface area contributed by atoms with E-state index >= 15 is 0 Å². The molecule has 1 aromatic heterocycles. The van der Waals surface area contributed by atoms with Crippen molar-refractivity contribution in [2.75, 3.05) is 6.54 Å². The average molecular weight is 338 g/mol. The molecule has 122 valence electrons. The van der Waals surface area contributed by atoms with E-state index < -0.39 is 36.4 Å². The number of nitrogens with one attached hydrogen (secondary N) is 2. The van der Waals surface area contributed by atoms with Gasteiger partial charge in [0.15, 0.2) is 0 Å². The molecule has 0 bridgehead atoms. The summed E-state index contributed by atoms with van der Waals surface area (Å²) in [6, 6.07) is 1.20. The minimum atomic E-state index is -4.70. The largest absolute Gasteiger partial charge is 0.480 e. The van der Waals surface area contributed by atoms with Crippen LogP contribution in [0.5, 0.6) is 0 Å². The normalized spacial score (nSPS) is 12.5. The average Bonchev–Trinajstić information content (AvgIpc) is 2.89. The Balaban J connectivity index is 2.38. The van der Waals surface area contributed by atoms with Gasteiger partial charge >= 0.3 is 12.1 Å². The van der Waals surface area contributed by atoms with Crippen LogP contribution in [-0.4, -0.2) is 41.7 Å². The number of carbonyl (C=O) groups excluding carboxylic acids is 2. The number of halogens is 3. The van der Waals surface area contributed by atoms with E-state index in [-0.39, 0.29) is 13.0 Å². The Hall–Kier alpha value is -2.10. The maximum Gasteiger partial charge on any atom is 0.391 e. The van der Waals surface area contributed by atoms with E-state index in [4.69, 9.17) is 5.11 Å². The molecule has 2 amide bonds. The molecule has 0 aliphatic rings. The summed E-state index contributed by atoms with van der Waals surface area (Å²) in [6.07, 6.45) is -6.68. The highest BCUT2D eigenvalue weighted by atomic mass is 32.1. The van der Waals surface area contributed by atoms with Gasteiger partial charge in [0.05, 0.1) is 11.3 Å². The lowest BCUT2D eigenvalue weighted by Gasteiger charge is -2.16. The summed E-state index contributed by atoms with van der Waals surface area (Å²) in [5, 5.41) is 14.5. The molecule has 3 N–H and O–H groups in total.